The van der Waals surface area contributed by atoms with Crippen LogP contribution in [0.1, 0.15) is 12.1 Å². The summed E-state index contributed by atoms with van der Waals surface area (Å²) in [5.41, 5.74) is 0.867. The molecule has 0 spiro atoms. The summed E-state index contributed by atoms with van der Waals surface area (Å²) in [6, 6.07) is 3.68. The molecule has 0 bridgehead atoms. The Bertz CT molecular complexity index is 381. The number of halogens is 1. The van der Waals surface area contributed by atoms with Crippen molar-refractivity contribution >= 4 is 22.0 Å². The minimum absolute atomic E-state index is 0.129. The average Bonchev–Trinajstić information content (AvgIpc) is 2.28. The van der Waals surface area contributed by atoms with Gasteiger partial charge in [-0.2, -0.15) is 0 Å². The molecule has 2 N–H and O–H groups in total. The topological polar surface area (TPSA) is 62.5 Å². The maximum atomic E-state index is 11.7. The number of hydrazine groups is 1. The first-order valence-electron chi connectivity index (χ1n) is 5.08. The van der Waals surface area contributed by atoms with Crippen molar-refractivity contribution in [2.24, 2.45) is 5.84 Å². The number of nitrogens with zero attached hydrogens (tertiary/aromatic N) is 3. The molecule has 1 saturated heterocycles. The van der Waals surface area contributed by atoms with Gasteiger partial charge in [0.2, 0.25) is 0 Å². The van der Waals surface area contributed by atoms with E-state index in [1.165, 1.54) is 5.01 Å². The van der Waals surface area contributed by atoms with Crippen LogP contribution in [-0.4, -0.2) is 34.0 Å². The smallest absolute Gasteiger partial charge is 0.318 e. The molecule has 1 fully saturated rings. The highest BCUT2D eigenvalue weighted by Gasteiger charge is 2.23. The van der Waals surface area contributed by atoms with Crippen LogP contribution in [0.2, 0.25) is 0 Å². The summed E-state index contributed by atoms with van der Waals surface area (Å²) in [6.07, 6.45) is 2.63. The maximum absolute atomic E-state index is 11.7. The van der Waals surface area contributed by atoms with Gasteiger partial charge < -0.3 is 4.90 Å². The van der Waals surface area contributed by atoms with Crippen LogP contribution >= 0.6 is 15.9 Å². The van der Waals surface area contributed by atoms with Gasteiger partial charge in [-0.1, -0.05) is 0 Å². The largest absolute Gasteiger partial charge is 0.334 e. The highest BCUT2D eigenvalue weighted by molar-refractivity contribution is 9.10. The molecule has 86 valence electrons. The third-order valence-corrected chi connectivity index (χ3v) is 2.95. The second-order valence-corrected chi connectivity index (χ2v) is 4.63. The standard InChI is InChI=1S/C10H13BrN4O/c11-8-2-3-9(13-6-8)7-14-4-1-5-15(12)10(14)16/h2-3,6H,1,4-5,7,12H2. The van der Waals surface area contributed by atoms with E-state index in [4.69, 9.17) is 5.84 Å². The molecule has 16 heavy (non-hydrogen) atoms. The monoisotopic (exact) mass is 284 g/mol. The number of pyridine rings is 1. The fraction of sp³-hybridized carbons (Fsp3) is 0.400. The first kappa shape index (κ1) is 11.3. The third-order valence-electron chi connectivity index (χ3n) is 2.48. The molecule has 0 aliphatic carbocycles. The van der Waals surface area contributed by atoms with Crippen molar-refractivity contribution in [1.29, 1.82) is 0 Å². The molecule has 5 nitrogen and oxygen atoms in total. The Balaban J connectivity index is 2.03. The Labute approximate surface area is 102 Å². The van der Waals surface area contributed by atoms with Gasteiger partial charge in [-0.25, -0.2) is 10.6 Å². The van der Waals surface area contributed by atoms with Crippen molar-refractivity contribution in [3.05, 3.63) is 28.5 Å². The van der Waals surface area contributed by atoms with Crippen molar-refractivity contribution < 1.29 is 4.79 Å². The summed E-state index contributed by atoms with van der Waals surface area (Å²) in [7, 11) is 0. The molecule has 0 saturated carbocycles. The second kappa shape index (κ2) is 4.80. The van der Waals surface area contributed by atoms with E-state index in [9.17, 15) is 4.79 Å². The zero-order chi connectivity index (χ0) is 11.5. The molecule has 1 aliphatic rings. The van der Waals surface area contributed by atoms with Gasteiger partial charge in [-0.3, -0.25) is 9.99 Å². The lowest BCUT2D eigenvalue weighted by Gasteiger charge is -2.32. The van der Waals surface area contributed by atoms with Crippen LogP contribution in [0.25, 0.3) is 0 Å². The number of nitrogens with two attached hydrogens (primary N) is 1. The highest BCUT2D eigenvalue weighted by atomic mass is 79.9. The van der Waals surface area contributed by atoms with Crippen LogP contribution in [0, 0.1) is 0 Å². The SMILES string of the molecule is NN1CCCN(Cc2ccc(Br)cn2)C1=O. The van der Waals surface area contributed by atoms with E-state index in [0.29, 0.717) is 13.1 Å². The summed E-state index contributed by atoms with van der Waals surface area (Å²) in [5, 5.41) is 1.25. The lowest BCUT2D eigenvalue weighted by atomic mass is 10.3. The fourth-order valence-electron chi connectivity index (χ4n) is 1.65. The van der Waals surface area contributed by atoms with Gasteiger partial charge in [-0.05, 0) is 34.5 Å². The number of urea groups is 1. The molecule has 2 rings (SSSR count). The van der Waals surface area contributed by atoms with Crippen LogP contribution < -0.4 is 5.84 Å². The van der Waals surface area contributed by atoms with Crippen molar-refractivity contribution in [3.8, 4) is 0 Å². The summed E-state index contributed by atoms with van der Waals surface area (Å²) >= 11 is 3.32. The van der Waals surface area contributed by atoms with Gasteiger partial charge in [-0.15, -0.1) is 0 Å². The molecule has 1 aliphatic heterocycles. The summed E-state index contributed by atoms with van der Waals surface area (Å²) in [4.78, 5) is 17.6. The predicted molar refractivity (Wildman–Crippen MR) is 63.3 cm³/mol. The molecule has 0 atom stereocenters. The fourth-order valence-corrected chi connectivity index (χ4v) is 1.88. The minimum atomic E-state index is -0.129. The maximum Gasteiger partial charge on any atom is 0.334 e. The predicted octanol–water partition coefficient (Wildman–Crippen LogP) is 1.35. The zero-order valence-corrected chi connectivity index (χ0v) is 10.4. The lowest BCUT2D eigenvalue weighted by molar-refractivity contribution is 0.126. The van der Waals surface area contributed by atoms with Gasteiger partial charge in [0.1, 0.15) is 0 Å². The van der Waals surface area contributed by atoms with Crippen molar-refractivity contribution in [1.82, 2.24) is 14.9 Å². The van der Waals surface area contributed by atoms with Gasteiger partial charge in [0.25, 0.3) is 0 Å². The molecular formula is C10H13BrN4O. The Kier molecular flexibility index (Phi) is 3.40. The summed E-state index contributed by atoms with van der Waals surface area (Å²) in [6.45, 7) is 1.88. The van der Waals surface area contributed by atoms with Crippen LogP contribution in [-0.2, 0) is 6.54 Å². The quantitative estimate of drug-likeness (QED) is 0.659. The van der Waals surface area contributed by atoms with E-state index >= 15 is 0 Å². The number of carbonyl (C=O) groups is 1. The van der Waals surface area contributed by atoms with Crippen LogP contribution in [0.5, 0.6) is 0 Å². The number of hydrogen-bond acceptors (Lipinski definition) is 3. The van der Waals surface area contributed by atoms with Gasteiger partial charge in [0.15, 0.2) is 0 Å². The number of amides is 2. The molecule has 1 aromatic heterocycles. The normalized spacial score (nSPS) is 16.8. The highest BCUT2D eigenvalue weighted by Crippen LogP contribution is 2.12. The number of carbonyl (C=O) groups excluding carboxylic acids is 1. The van der Waals surface area contributed by atoms with Crippen LogP contribution in [0.15, 0.2) is 22.8 Å². The Morgan fingerprint density at radius 1 is 1.44 bits per heavy atom. The molecule has 1 aromatic rings. The first-order valence-corrected chi connectivity index (χ1v) is 5.87. The van der Waals surface area contributed by atoms with Gasteiger partial charge in [0.05, 0.1) is 12.2 Å². The molecule has 2 amide bonds. The molecule has 0 aromatic carbocycles. The molecule has 0 unspecified atom stereocenters. The summed E-state index contributed by atoms with van der Waals surface area (Å²) < 4.78 is 0.932. The van der Waals surface area contributed by atoms with E-state index in [2.05, 4.69) is 20.9 Å². The average molecular weight is 285 g/mol. The molecule has 2 heterocycles. The van der Waals surface area contributed by atoms with E-state index in [-0.39, 0.29) is 6.03 Å². The Morgan fingerprint density at radius 3 is 2.94 bits per heavy atom. The van der Waals surface area contributed by atoms with E-state index < -0.39 is 0 Å². The van der Waals surface area contributed by atoms with Crippen molar-refractivity contribution in [2.75, 3.05) is 13.1 Å². The van der Waals surface area contributed by atoms with Gasteiger partial charge >= 0.3 is 6.03 Å². The first-order chi connectivity index (χ1) is 7.66. The Morgan fingerprint density at radius 2 is 2.25 bits per heavy atom. The summed E-state index contributed by atoms with van der Waals surface area (Å²) in [5.74, 6) is 5.56. The van der Waals surface area contributed by atoms with E-state index in [0.717, 1.165) is 23.1 Å². The van der Waals surface area contributed by atoms with E-state index in [1.54, 1.807) is 11.1 Å². The number of rotatable bonds is 2. The molecule has 6 heteroatoms. The number of aromatic nitrogens is 1. The lowest BCUT2D eigenvalue weighted by Crippen LogP contribution is -2.52. The third kappa shape index (κ3) is 2.51. The van der Waals surface area contributed by atoms with Crippen LogP contribution in [0.4, 0.5) is 4.79 Å². The Hall–Kier alpha value is -1.14. The molecule has 0 radical (unpaired) electrons. The van der Waals surface area contributed by atoms with Crippen molar-refractivity contribution in [3.63, 3.8) is 0 Å². The second-order valence-electron chi connectivity index (χ2n) is 3.72. The van der Waals surface area contributed by atoms with Crippen molar-refractivity contribution in [2.45, 2.75) is 13.0 Å². The molecular weight excluding hydrogens is 272 g/mol. The van der Waals surface area contributed by atoms with Gasteiger partial charge in [0, 0.05) is 23.8 Å². The number of hydrogen-bond donors (Lipinski definition) is 1. The minimum Gasteiger partial charge on any atom is -0.318 e. The van der Waals surface area contributed by atoms with Crippen LogP contribution in [0.3, 0.4) is 0 Å². The zero-order valence-electron chi connectivity index (χ0n) is 8.77. The van der Waals surface area contributed by atoms with E-state index in [1.807, 2.05) is 12.1 Å².